The van der Waals surface area contributed by atoms with Crippen molar-refractivity contribution in [3.05, 3.63) is 58.4 Å². The number of rotatable bonds is 3. The molecule has 1 aromatic heterocycles. The van der Waals surface area contributed by atoms with E-state index in [1.165, 1.54) is 24.4 Å². The molecule has 7 heteroatoms. The molecule has 128 valence electrons. The molecule has 0 spiro atoms. The van der Waals surface area contributed by atoms with Gasteiger partial charge in [0.2, 0.25) is 0 Å². The van der Waals surface area contributed by atoms with Crippen molar-refractivity contribution >= 4 is 28.6 Å². The van der Waals surface area contributed by atoms with Crippen molar-refractivity contribution in [1.82, 2.24) is 9.55 Å². The summed E-state index contributed by atoms with van der Waals surface area (Å²) in [5.41, 5.74) is 2.58. The largest absolute Gasteiger partial charge is 0.507 e. The molecule has 2 aromatic carbocycles. The summed E-state index contributed by atoms with van der Waals surface area (Å²) in [6.45, 7) is 6.31. The summed E-state index contributed by atoms with van der Waals surface area (Å²) in [7, 11) is 0. The number of hydrogen-bond donors (Lipinski definition) is 1. The lowest BCUT2D eigenvalue weighted by atomic mass is 10.1. The van der Waals surface area contributed by atoms with Crippen LogP contribution in [0.5, 0.6) is 5.75 Å². The van der Waals surface area contributed by atoms with Crippen molar-refractivity contribution in [2.24, 2.45) is 4.99 Å². The standard InChI is InChI=1S/C18H18N4O3/c1-18(2,3)21-11-20-15-9-13(4-6-16(15)21)19-10-12-8-14(22(24)25)5-7-17(12)23/h4-11,23H,1-3H3. The Morgan fingerprint density at radius 3 is 2.68 bits per heavy atom. The molecule has 0 aliphatic heterocycles. The molecule has 0 saturated carbocycles. The molecule has 0 amide bonds. The highest BCUT2D eigenvalue weighted by Gasteiger charge is 2.16. The molecular formula is C18H18N4O3. The Labute approximate surface area is 144 Å². The summed E-state index contributed by atoms with van der Waals surface area (Å²) in [5.74, 6) is -0.0626. The Morgan fingerprint density at radius 1 is 1.24 bits per heavy atom. The van der Waals surface area contributed by atoms with E-state index in [0.717, 1.165) is 11.0 Å². The molecule has 0 aliphatic carbocycles. The van der Waals surface area contributed by atoms with E-state index in [1.54, 1.807) is 6.33 Å². The predicted molar refractivity (Wildman–Crippen MR) is 96.7 cm³/mol. The quantitative estimate of drug-likeness (QED) is 0.441. The van der Waals surface area contributed by atoms with Crippen molar-refractivity contribution in [1.29, 1.82) is 0 Å². The van der Waals surface area contributed by atoms with Crippen LogP contribution in [0.1, 0.15) is 26.3 Å². The van der Waals surface area contributed by atoms with Gasteiger partial charge in [-0.3, -0.25) is 15.1 Å². The van der Waals surface area contributed by atoms with Gasteiger partial charge in [0.15, 0.2) is 0 Å². The predicted octanol–water partition coefficient (Wildman–Crippen LogP) is 4.16. The first-order chi connectivity index (χ1) is 11.8. The molecule has 0 saturated heterocycles. The third-order valence-corrected chi connectivity index (χ3v) is 3.83. The Bertz CT molecular complexity index is 984. The molecule has 0 fully saturated rings. The van der Waals surface area contributed by atoms with E-state index < -0.39 is 4.92 Å². The summed E-state index contributed by atoms with van der Waals surface area (Å²) in [5, 5.41) is 20.7. The van der Waals surface area contributed by atoms with E-state index in [-0.39, 0.29) is 22.5 Å². The maximum absolute atomic E-state index is 10.8. The SMILES string of the molecule is CC(C)(C)n1cnc2cc(N=Cc3cc([N+](=O)[O-])ccc3O)ccc21. The van der Waals surface area contributed by atoms with Crippen molar-refractivity contribution < 1.29 is 10.0 Å². The average molecular weight is 338 g/mol. The summed E-state index contributed by atoms with van der Waals surface area (Å²) in [4.78, 5) is 19.0. The highest BCUT2D eigenvalue weighted by atomic mass is 16.6. The second kappa shape index (κ2) is 6.01. The maximum Gasteiger partial charge on any atom is 0.270 e. The fraction of sp³-hybridized carbons (Fsp3) is 0.222. The molecule has 0 unspecified atom stereocenters. The van der Waals surface area contributed by atoms with Crippen molar-refractivity contribution in [2.75, 3.05) is 0 Å². The highest BCUT2D eigenvalue weighted by Crippen LogP contribution is 2.26. The first kappa shape index (κ1) is 16.6. The fourth-order valence-electron chi connectivity index (χ4n) is 2.52. The molecule has 1 heterocycles. The second-order valence-corrected chi connectivity index (χ2v) is 6.72. The van der Waals surface area contributed by atoms with Crippen LogP contribution < -0.4 is 0 Å². The first-order valence-electron chi connectivity index (χ1n) is 7.75. The number of phenols is 1. The fourth-order valence-corrected chi connectivity index (χ4v) is 2.52. The smallest absolute Gasteiger partial charge is 0.270 e. The summed E-state index contributed by atoms with van der Waals surface area (Å²) < 4.78 is 2.09. The van der Waals surface area contributed by atoms with Gasteiger partial charge in [-0.25, -0.2) is 4.98 Å². The molecule has 3 aromatic rings. The molecule has 0 bridgehead atoms. The highest BCUT2D eigenvalue weighted by molar-refractivity contribution is 5.87. The number of nitro benzene ring substituents is 1. The zero-order valence-corrected chi connectivity index (χ0v) is 14.2. The van der Waals surface area contributed by atoms with E-state index in [2.05, 4.69) is 35.3 Å². The number of aliphatic imine (C=N–C) groups is 1. The molecule has 1 N–H and O–H groups in total. The van der Waals surface area contributed by atoms with Crippen LogP contribution in [0.15, 0.2) is 47.7 Å². The van der Waals surface area contributed by atoms with Gasteiger partial charge in [0.05, 0.1) is 28.0 Å². The Kier molecular flexibility index (Phi) is 4.00. The van der Waals surface area contributed by atoms with Crippen LogP contribution in [0.3, 0.4) is 0 Å². The topological polar surface area (TPSA) is 93.5 Å². The Balaban J connectivity index is 1.95. The van der Waals surface area contributed by atoms with Crippen LogP contribution in [0.2, 0.25) is 0 Å². The third-order valence-electron chi connectivity index (χ3n) is 3.83. The average Bonchev–Trinajstić information content (AvgIpc) is 2.97. The summed E-state index contributed by atoms with van der Waals surface area (Å²) >= 11 is 0. The van der Waals surface area contributed by atoms with Crippen molar-refractivity contribution in [3.63, 3.8) is 0 Å². The van der Waals surface area contributed by atoms with Crippen molar-refractivity contribution in [3.8, 4) is 5.75 Å². The van der Waals surface area contributed by atoms with Gasteiger partial charge in [-0.1, -0.05) is 0 Å². The molecular weight excluding hydrogens is 320 g/mol. The molecule has 3 rings (SSSR count). The second-order valence-electron chi connectivity index (χ2n) is 6.72. The number of non-ortho nitro benzene ring substituents is 1. The molecule has 0 aliphatic rings. The minimum atomic E-state index is -0.512. The van der Waals surface area contributed by atoms with E-state index in [4.69, 9.17) is 0 Å². The normalized spacial score (nSPS) is 12.1. The number of benzene rings is 2. The number of hydrogen-bond acceptors (Lipinski definition) is 5. The van der Waals surface area contributed by atoms with Gasteiger partial charge in [-0.15, -0.1) is 0 Å². The molecule has 25 heavy (non-hydrogen) atoms. The van der Waals surface area contributed by atoms with E-state index in [1.807, 2.05) is 18.2 Å². The van der Waals surface area contributed by atoms with Crippen LogP contribution in [-0.2, 0) is 5.54 Å². The minimum Gasteiger partial charge on any atom is -0.507 e. The monoisotopic (exact) mass is 338 g/mol. The van der Waals surface area contributed by atoms with E-state index in [9.17, 15) is 15.2 Å². The van der Waals surface area contributed by atoms with Crippen LogP contribution >= 0.6 is 0 Å². The third kappa shape index (κ3) is 3.35. The van der Waals surface area contributed by atoms with Crippen LogP contribution in [0.25, 0.3) is 11.0 Å². The van der Waals surface area contributed by atoms with Gasteiger partial charge < -0.3 is 9.67 Å². The van der Waals surface area contributed by atoms with E-state index in [0.29, 0.717) is 5.69 Å². The van der Waals surface area contributed by atoms with Crippen molar-refractivity contribution in [2.45, 2.75) is 26.3 Å². The number of nitrogens with zero attached hydrogens (tertiary/aromatic N) is 4. The lowest BCUT2D eigenvalue weighted by Gasteiger charge is -2.21. The molecule has 0 radical (unpaired) electrons. The number of fused-ring (bicyclic) bond motifs is 1. The van der Waals surface area contributed by atoms with Crippen LogP contribution in [0, 0.1) is 10.1 Å². The van der Waals surface area contributed by atoms with Gasteiger partial charge in [-0.2, -0.15) is 0 Å². The Morgan fingerprint density at radius 2 is 2.00 bits per heavy atom. The lowest BCUT2D eigenvalue weighted by molar-refractivity contribution is -0.384. The van der Waals surface area contributed by atoms with Gasteiger partial charge in [-0.05, 0) is 45.0 Å². The van der Waals surface area contributed by atoms with Gasteiger partial charge in [0.1, 0.15) is 5.75 Å². The minimum absolute atomic E-state index is 0.0626. The first-order valence-corrected chi connectivity index (χ1v) is 7.75. The van der Waals surface area contributed by atoms with Gasteiger partial charge in [0.25, 0.3) is 5.69 Å². The maximum atomic E-state index is 10.8. The number of aromatic nitrogens is 2. The van der Waals surface area contributed by atoms with Gasteiger partial charge >= 0.3 is 0 Å². The molecule has 7 nitrogen and oxygen atoms in total. The van der Waals surface area contributed by atoms with Crippen LogP contribution in [-0.4, -0.2) is 25.8 Å². The zero-order valence-electron chi connectivity index (χ0n) is 14.2. The summed E-state index contributed by atoms with van der Waals surface area (Å²) in [6.07, 6.45) is 3.20. The number of imidazole rings is 1. The van der Waals surface area contributed by atoms with Crippen LogP contribution in [0.4, 0.5) is 11.4 Å². The zero-order chi connectivity index (χ0) is 18.2. The number of aromatic hydroxyl groups is 1. The summed E-state index contributed by atoms with van der Waals surface area (Å²) in [6, 6.07) is 9.43. The Hall–Kier alpha value is -3.22. The number of phenolic OH excluding ortho intramolecular Hbond substituents is 1. The van der Waals surface area contributed by atoms with Gasteiger partial charge in [0, 0.05) is 29.4 Å². The number of nitro groups is 1. The molecule has 0 atom stereocenters. The lowest BCUT2D eigenvalue weighted by Crippen LogP contribution is -2.20. The van der Waals surface area contributed by atoms with E-state index >= 15 is 0 Å².